The summed E-state index contributed by atoms with van der Waals surface area (Å²) in [7, 11) is 0. The molecular formula is C11H9BrFNO. The highest BCUT2D eigenvalue weighted by Crippen LogP contribution is 2.22. The van der Waals surface area contributed by atoms with Gasteiger partial charge in [-0.3, -0.25) is 4.79 Å². The lowest BCUT2D eigenvalue weighted by molar-refractivity contribution is 0.630. The topological polar surface area (TPSA) is 32.9 Å². The molecule has 1 aromatic carbocycles. The number of aromatic amines is 1. The van der Waals surface area contributed by atoms with Crippen LogP contribution in [0.4, 0.5) is 4.39 Å². The van der Waals surface area contributed by atoms with Gasteiger partial charge in [-0.1, -0.05) is 13.0 Å². The molecule has 0 unspecified atom stereocenters. The van der Waals surface area contributed by atoms with Crippen molar-refractivity contribution in [2.24, 2.45) is 0 Å². The molecule has 4 heteroatoms. The van der Waals surface area contributed by atoms with Gasteiger partial charge in [0.1, 0.15) is 0 Å². The Labute approximate surface area is 94.3 Å². The van der Waals surface area contributed by atoms with Crippen molar-refractivity contribution < 1.29 is 4.39 Å². The molecule has 0 atom stereocenters. The summed E-state index contributed by atoms with van der Waals surface area (Å²) >= 11 is 3.08. The summed E-state index contributed by atoms with van der Waals surface area (Å²) < 4.78 is 14.0. The first-order chi connectivity index (χ1) is 7.13. The Kier molecular flexibility index (Phi) is 2.61. The third kappa shape index (κ3) is 1.69. The van der Waals surface area contributed by atoms with E-state index in [1.54, 1.807) is 18.2 Å². The van der Waals surface area contributed by atoms with Crippen molar-refractivity contribution in [1.82, 2.24) is 4.98 Å². The first-order valence-electron chi connectivity index (χ1n) is 4.63. The number of halogens is 2. The Morgan fingerprint density at radius 2 is 2.20 bits per heavy atom. The third-order valence-electron chi connectivity index (χ3n) is 2.37. The van der Waals surface area contributed by atoms with Gasteiger partial charge in [0.05, 0.1) is 9.99 Å². The summed E-state index contributed by atoms with van der Waals surface area (Å²) in [5.74, 6) is -0.424. The Morgan fingerprint density at radius 3 is 2.87 bits per heavy atom. The van der Waals surface area contributed by atoms with Crippen LogP contribution in [0, 0.1) is 5.82 Å². The van der Waals surface area contributed by atoms with E-state index < -0.39 is 5.82 Å². The van der Waals surface area contributed by atoms with E-state index in [1.807, 2.05) is 6.92 Å². The first-order valence-corrected chi connectivity index (χ1v) is 5.42. The zero-order chi connectivity index (χ0) is 11.0. The number of nitrogens with one attached hydrogen (secondary N) is 1. The standard InChI is InChI=1S/C11H9BrFNO/c1-2-6-5-7-3-4-8(12)9(13)10(7)14-11(6)15/h3-5H,2H2,1H3,(H,14,15). The molecule has 2 nitrogen and oxygen atoms in total. The number of aryl methyl sites for hydroxylation is 1. The van der Waals surface area contributed by atoms with Gasteiger partial charge < -0.3 is 4.98 Å². The van der Waals surface area contributed by atoms with Gasteiger partial charge in [-0.15, -0.1) is 0 Å². The lowest BCUT2D eigenvalue weighted by Crippen LogP contribution is -2.11. The Morgan fingerprint density at radius 1 is 1.47 bits per heavy atom. The van der Waals surface area contributed by atoms with E-state index in [1.165, 1.54) is 0 Å². The summed E-state index contributed by atoms with van der Waals surface area (Å²) in [4.78, 5) is 14.0. The normalized spacial score (nSPS) is 10.9. The largest absolute Gasteiger partial charge is 0.319 e. The average Bonchev–Trinajstić information content (AvgIpc) is 2.24. The predicted octanol–water partition coefficient (Wildman–Crippen LogP) is 2.99. The minimum Gasteiger partial charge on any atom is -0.319 e. The highest BCUT2D eigenvalue weighted by atomic mass is 79.9. The number of hydrogen-bond donors (Lipinski definition) is 1. The summed E-state index contributed by atoms with van der Waals surface area (Å²) in [5.41, 5.74) is 0.706. The van der Waals surface area contributed by atoms with Crippen LogP contribution < -0.4 is 5.56 Å². The van der Waals surface area contributed by atoms with E-state index in [4.69, 9.17) is 0 Å². The van der Waals surface area contributed by atoms with Crippen LogP contribution in [-0.4, -0.2) is 4.98 Å². The van der Waals surface area contributed by atoms with Crippen LogP contribution in [0.3, 0.4) is 0 Å². The van der Waals surface area contributed by atoms with Gasteiger partial charge in [0.15, 0.2) is 5.82 Å². The molecule has 0 radical (unpaired) electrons. The second-order valence-corrected chi connectivity index (χ2v) is 4.16. The van der Waals surface area contributed by atoms with Crippen molar-refractivity contribution in [2.75, 3.05) is 0 Å². The fraction of sp³-hybridized carbons (Fsp3) is 0.182. The van der Waals surface area contributed by atoms with Gasteiger partial charge in [-0.05, 0) is 34.5 Å². The number of rotatable bonds is 1. The third-order valence-corrected chi connectivity index (χ3v) is 2.98. The summed E-state index contributed by atoms with van der Waals surface area (Å²) in [5, 5.41) is 0.715. The Balaban J connectivity index is 2.87. The molecule has 78 valence electrons. The maximum atomic E-state index is 13.6. The minimum absolute atomic E-state index is 0.220. The van der Waals surface area contributed by atoms with E-state index in [0.29, 0.717) is 21.8 Å². The average molecular weight is 270 g/mol. The van der Waals surface area contributed by atoms with Crippen LogP contribution in [0.5, 0.6) is 0 Å². The number of H-pyrrole nitrogens is 1. The van der Waals surface area contributed by atoms with Crippen LogP contribution >= 0.6 is 15.9 Å². The molecule has 0 saturated carbocycles. The Bertz CT molecular complexity index is 577. The zero-order valence-corrected chi connectivity index (χ0v) is 9.69. The number of aromatic nitrogens is 1. The molecule has 1 heterocycles. The number of hydrogen-bond acceptors (Lipinski definition) is 1. The maximum absolute atomic E-state index is 13.6. The van der Waals surface area contributed by atoms with Gasteiger partial charge in [0.2, 0.25) is 0 Å². The first kappa shape index (κ1) is 10.4. The molecule has 2 aromatic rings. The minimum atomic E-state index is -0.424. The van der Waals surface area contributed by atoms with Crippen LogP contribution in [0.25, 0.3) is 10.9 Å². The van der Waals surface area contributed by atoms with Crippen LogP contribution in [0.2, 0.25) is 0 Å². The summed E-state index contributed by atoms with van der Waals surface area (Å²) in [6.07, 6.45) is 0.642. The quantitative estimate of drug-likeness (QED) is 0.848. The molecule has 2 rings (SSSR count). The number of pyridine rings is 1. The van der Waals surface area contributed by atoms with Gasteiger partial charge in [-0.25, -0.2) is 4.39 Å². The summed E-state index contributed by atoms with van der Waals surface area (Å²) in [6.45, 7) is 1.89. The van der Waals surface area contributed by atoms with Gasteiger partial charge >= 0.3 is 0 Å². The maximum Gasteiger partial charge on any atom is 0.251 e. The highest BCUT2D eigenvalue weighted by molar-refractivity contribution is 9.10. The predicted molar refractivity (Wildman–Crippen MR) is 61.6 cm³/mol. The molecule has 1 aromatic heterocycles. The van der Waals surface area contributed by atoms with E-state index in [2.05, 4.69) is 20.9 Å². The monoisotopic (exact) mass is 269 g/mol. The lowest BCUT2D eigenvalue weighted by atomic mass is 10.1. The van der Waals surface area contributed by atoms with Crippen molar-refractivity contribution in [2.45, 2.75) is 13.3 Å². The van der Waals surface area contributed by atoms with E-state index in [-0.39, 0.29) is 11.1 Å². The van der Waals surface area contributed by atoms with Crippen LogP contribution in [0.15, 0.2) is 27.5 Å². The van der Waals surface area contributed by atoms with Crippen molar-refractivity contribution in [3.63, 3.8) is 0 Å². The molecule has 0 amide bonds. The van der Waals surface area contributed by atoms with Crippen LogP contribution in [0.1, 0.15) is 12.5 Å². The SMILES string of the molecule is CCc1cc2ccc(Br)c(F)c2[nH]c1=O. The van der Waals surface area contributed by atoms with Crippen molar-refractivity contribution in [1.29, 1.82) is 0 Å². The second-order valence-electron chi connectivity index (χ2n) is 3.30. The molecular weight excluding hydrogens is 261 g/mol. The fourth-order valence-electron chi connectivity index (χ4n) is 1.52. The van der Waals surface area contributed by atoms with E-state index in [0.717, 1.165) is 0 Å². The lowest BCUT2D eigenvalue weighted by Gasteiger charge is -2.03. The zero-order valence-electron chi connectivity index (χ0n) is 8.10. The molecule has 0 aliphatic rings. The van der Waals surface area contributed by atoms with Gasteiger partial charge in [-0.2, -0.15) is 0 Å². The molecule has 15 heavy (non-hydrogen) atoms. The van der Waals surface area contributed by atoms with Gasteiger partial charge in [0, 0.05) is 10.9 Å². The Hall–Kier alpha value is -1.16. The van der Waals surface area contributed by atoms with Crippen LogP contribution in [-0.2, 0) is 6.42 Å². The molecule has 0 bridgehead atoms. The second kappa shape index (κ2) is 3.77. The van der Waals surface area contributed by atoms with Crippen molar-refractivity contribution in [3.05, 3.63) is 44.4 Å². The number of benzene rings is 1. The van der Waals surface area contributed by atoms with E-state index in [9.17, 15) is 9.18 Å². The molecule has 0 saturated heterocycles. The molecule has 0 spiro atoms. The molecule has 0 aliphatic carbocycles. The molecule has 0 fully saturated rings. The van der Waals surface area contributed by atoms with Gasteiger partial charge in [0.25, 0.3) is 5.56 Å². The van der Waals surface area contributed by atoms with Crippen molar-refractivity contribution in [3.8, 4) is 0 Å². The molecule has 1 N–H and O–H groups in total. The molecule has 0 aliphatic heterocycles. The van der Waals surface area contributed by atoms with E-state index >= 15 is 0 Å². The highest BCUT2D eigenvalue weighted by Gasteiger charge is 2.07. The van der Waals surface area contributed by atoms with Crippen molar-refractivity contribution >= 4 is 26.8 Å². The fourth-order valence-corrected chi connectivity index (χ4v) is 1.85. The number of fused-ring (bicyclic) bond motifs is 1. The smallest absolute Gasteiger partial charge is 0.251 e. The summed E-state index contributed by atoms with van der Waals surface area (Å²) in [6, 6.07) is 5.14.